The molecular formula is C12H15F3. The van der Waals surface area contributed by atoms with Gasteiger partial charge in [0.25, 0.3) is 0 Å². The van der Waals surface area contributed by atoms with Gasteiger partial charge in [0.2, 0.25) is 0 Å². The molecular weight excluding hydrogens is 201 g/mol. The van der Waals surface area contributed by atoms with Gasteiger partial charge in [0.1, 0.15) is 0 Å². The Morgan fingerprint density at radius 2 is 1.80 bits per heavy atom. The van der Waals surface area contributed by atoms with E-state index < -0.39 is 11.6 Å². The van der Waals surface area contributed by atoms with Crippen molar-refractivity contribution in [3.63, 3.8) is 0 Å². The minimum Gasteiger partial charge on any atom is -0.170 e. The van der Waals surface area contributed by atoms with E-state index in [1.165, 1.54) is 25.2 Å². The van der Waals surface area contributed by atoms with E-state index in [4.69, 9.17) is 0 Å². The second-order valence-corrected chi connectivity index (χ2v) is 4.29. The fourth-order valence-electron chi connectivity index (χ4n) is 1.31. The Hall–Kier alpha value is -0.990. The van der Waals surface area contributed by atoms with Gasteiger partial charge < -0.3 is 0 Å². The van der Waals surface area contributed by atoms with E-state index in [-0.39, 0.29) is 5.92 Å². The predicted octanol–water partition coefficient (Wildman–Crippen LogP) is 4.26. The van der Waals surface area contributed by atoms with Gasteiger partial charge in [-0.05, 0) is 18.4 Å². The van der Waals surface area contributed by atoms with Gasteiger partial charge in [0.15, 0.2) is 0 Å². The molecule has 15 heavy (non-hydrogen) atoms. The van der Waals surface area contributed by atoms with Crippen LogP contribution in [0.25, 0.3) is 0 Å². The molecule has 3 heteroatoms. The lowest BCUT2D eigenvalue weighted by atomic mass is 9.89. The van der Waals surface area contributed by atoms with E-state index in [0.29, 0.717) is 0 Å². The van der Waals surface area contributed by atoms with Crippen molar-refractivity contribution in [3.8, 4) is 0 Å². The number of hydrogen-bond donors (Lipinski definition) is 0. The molecule has 0 spiro atoms. The average molecular weight is 216 g/mol. The van der Waals surface area contributed by atoms with Gasteiger partial charge in [-0.15, -0.1) is 0 Å². The average Bonchev–Trinajstić information content (AvgIpc) is 2.26. The Morgan fingerprint density at radius 1 is 1.20 bits per heavy atom. The summed E-state index contributed by atoms with van der Waals surface area (Å²) in [4.78, 5) is 0. The van der Waals surface area contributed by atoms with Crippen molar-refractivity contribution >= 4 is 0 Å². The zero-order valence-electron chi connectivity index (χ0n) is 9.10. The summed E-state index contributed by atoms with van der Waals surface area (Å²) in [6.45, 7) is 5.09. The molecule has 1 rings (SSSR count). The topological polar surface area (TPSA) is 0 Å². The first-order valence-electron chi connectivity index (χ1n) is 4.92. The van der Waals surface area contributed by atoms with Gasteiger partial charge >= 0.3 is 6.18 Å². The minimum absolute atomic E-state index is 0.237. The third kappa shape index (κ3) is 2.52. The Bertz CT molecular complexity index is 318. The smallest absolute Gasteiger partial charge is 0.170 e. The number of alkyl halides is 3. The molecule has 0 amide bonds. The quantitative estimate of drug-likeness (QED) is 0.614. The lowest BCUT2D eigenvalue weighted by Crippen LogP contribution is -2.31. The van der Waals surface area contributed by atoms with Crippen molar-refractivity contribution in [2.45, 2.75) is 26.9 Å². The highest BCUT2D eigenvalue weighted by atomic mass is 19.4. The molecule has 1 atom stereocenters. The molecule has 0 nitrogen and oxygen atoms in total. The Kier molecular flexibility index (Phi) is 3.12. The summed E-state index contributed by atoms with van der Waals surface area (Å²) in [7, 11) is 0. The van der Waals surface area contributed by atoms with E-state index in [0.717, 1.165) is 5.57 Å². The highest BCUT2D eigenvalue weighted by Gasteiger charge is 2.47. The predicted molar refractivity (Wildman–Crippen MR) is 55.4 cm³/mol. The van der Waals surface area contributed by atoms with Crippen LogP contribution in [0.15, 0.2) is 36.0 Å². The summed E-state index contributed by atoms with van der Waals surface area (Å²) in [6, 6.07) is 0. The van der Waals surface area contributed by atoms with Gasteiger partial charge in [-0.1, -0.05) is 44.2 Å². The van der Waals surface area contributed by atoms with Crippen LogP contribution in [0.2, 0.25) is 0 Å². The zero-order valence-corrected chi connectivity index (χ0v) is 9.10. The van der Waals surface area contributed by atoms with Crippen molar-refractivity contribution in [2.75, 3.05) is 0 Å². The standard InChI is InChI=1S/C12H15F3/c1-9(2)10-5-4-7-11(3,8-6-10)12(13,14)15/h4-9H,1-3H3. The van der Waals surface area contributed by atoms with Gasteiger partial charge in [-0.25, -0.2) is 0 Å². The Balaban J connectivity index is 3.01. The van der Waals surface area contributed by atoms with Crippen LogP contribution in [-0.2, 0) is 0 Å². The van der Waals surface area contributed by atoms with E-state index in [2.05, 4.69) is 0 Å². The summed E-state index contributed by atoms with van der Waals surface area (Å²) in [6.07, 6.45) is 2.97. The number of hydrogen-bond acceptors (Lipinski definition) is 0. The summed E-state index contributed by atoms with van der Waals surface area (Å²) in [5, 5.41) is 0. The lowest BCUT2D eigenvalue weighted by Gasteiger charge is -2.24. The molecule has 0 aliphatic heterocycles. The molecule has 0 saturated carbocycles. The molecule has 0 bridgehead atoms. The van der Waals surface area contributed by atoms with Gasteiger partial charge in [-0.2, -0.15) is 13.2 Å². The van der Waals surface area contributed by atoms with E-state index in [9.17, 15) is 13.2 Å². The summed E-state index contributed by atoms with van der Waals surface area (Å²) < 4.78 is 38.1. The largest absolute Gasteiger partial charge is 0.400 e. The van der Waals surface area contributed by atoms with Gasteiger partial charge in [0.05, 0.1) is 5.41 Å². The van der Waals surface area contributed by atoms with Crippen LogP contribution in [0.3, 0.4) is 0 Å². The molecule has 0 saturated heterocycles. The molecule has 0 radical (unpaired) electrons. The first kappa shape index (κ1) is 12.1. The molecule has 0 fully saturated rings. The van der Waals surface area contributed by atoms with Crippen molar-refractivity contribution in [2.24, 2.45) is 11.3 Å². The third-order valence-electron chi connectivity index (χ3n) is 2.63. The Morgan fingerprint density at radius 3 is 2.27 bits per heavy atom. The van der Waals surface area contributed by atoms with E-state index in [1.807, 2.05) is 13.8 Å². The normalized spacial score (nSPS) is 26.7. The molecule has 0 N–H and O–H groups in total. The van der Waals surface area contributed by atoms with E-state index in [1.54, 1.807) is 12.2 Å². The van der Waals surface area contributed by atoms with Crippen molar-refractivity contribution in [1.29, 1.82) is 0 Å². The maximum absolute atomic E-state index is 12.7. The van der Waals surface area contributed by atoms with E-state index >= 15 is 0 Å². The van der Waals surface area contributed by atoms with Crippen molar-refractivity contribution in [3.05, 3.63) is 36.0 Å². The lowest BCUT2D eigenvalue weighted by molar-refractivity contribution is -0.183. The fourth-order valence-corrected chi connectivity index (χ4v) is 1.31. The maximum atomic E-state index is 12.7. The van der Waals surface area contributed by atoms with Crippen LogP contribution in [0.1, 0.15) is 20.8 Å². The highest BCUT2D eigenvalue weighted by molar-refractivity contribution is 5.33. The monoisotopic (exact) mass is 216 g/mol. The maximum Gasteiger partial charge on any atom is 0.400 e. The molecule has 1 unspecified atom stereocenters. The number of allylic oxidation sites excluding steroid dienone is 6. The van der Waals surface area contributed by atoms with Crippen molar-refractivity contribution < 1.29 is 13.2 Å². The molecule has 0 aromatic carbocycles. The van der Waals surface area contributed by atoms with Crippen LogP contribution < -0.4 is 0 Å². The summed E-state index contributed by atoms with van der Waals surface area (Å²) in [5.41, 5.74) is -0.931. The SMILES string of the molecule is CC(C)C1=CC=CC(C)(C(F)(F)F)C=C1. The van der Waals surface area contributed by atoms with Crippen molar-refractivity contribution in [1.82, 2.24) is 0 Å². The second kappa shape index (κ2) is 3.87. The van der Waals surface area contributed by atoms with Gasteiger partial charge in [-0.3, -0.25) is 0 Å². The van der Waals surface area contributed by atoms with Crippen LogP contribution in [-0.4, -0.2) is 6.18 Å². The zero-order chi connectivity index (χ0) is 11.7. The first-order chi connectivity index (χ1) is 6.76. The second-order valence-electron chi connectivity index (χ2n) is 4.29. The Labute approximate surface area is 88.2 Å². The van der Waals surface area contributed by atoms with Crippen LogP contribution in [0.5, 0.6) is 0 Å². The number of halogens is 3. The first-order valence-corrected chi connectivity index (χ1v) is 4.92. The molecule has 0 heterocycles. The molecule has 0 aromatic rings. The minimum atomic E-state index is -4.24. The van der Waals surface area contributed by atoms with Crippen LogP contribution in [0, 0.1) is 11.3 Å². The molecule has 0 aromatic heterocycles. The van der Waals surface area contributed by atoms with Crippen LogP contribution in [0.4, 0.5) is 13.2 Å². The van der Waals surface area contributed by atoms with Crippen LogP contribution >= 0.6 is 0 Å². The molecule has 84 valence electrons. The molecule has 1 aliphatic carbocycles. The fraction of sp³-hybridized carbons (Fsp3) is 0.500. The van der Waals surface area contributed by atoms with Gasteiger partial charge in [0, 0.05) is 0 Å². The summed E-state index contributed by atoms with van der Waals surface area (Å²) >= 11 is 0. The third-order valence-corrected chi connectivity index (χ3v) is 2.63. The molecule has 1 aliphatic rings. The number of rotatable bonds is 1. The highest BCUT2D eigenvalue weighted by Crippen LogP contribution is 2.41. The summed E-state index contributed by atoms with van der Waals surface area (Å²) in [5.74, 6) is 0.237.